The van der Waals surface area contributed by atoms with Gasteiger partial charge in [0.1, 0.15) is 17.8 Å². The number of amides is 1. The van der Waals surface area contributed by atoms with Crippen molar-refractivity contribution >= 4 is 23.2 Å². The number of carbonyl (C=O) groups is 1. The number of anilines is 3. The van der Waals surface area contributed by atoms with Crippen LogP contribution in [0.2, 0.25) is 0 Å². The number of hydrogen-bond donors (Lipinski definition) is 5. The number of nitrogens with one attached hydrogen (secondary N) is 4. The van der Waals surface area contributed by atoms with Crippen LogP contribution in [0.3, 0.4) is 0 Å². The van der Waals surface area contributed by atoms with Gasteiger partial charge in [-0.15, -0.1) is 0 Å². The number of methoxy groups -OCH3 is 1. The molecule has 25 heavy (non-hydrogen) atoms. The Morgan fingerprint density at radius 3 is 2.24 bits per heavy atom. The first kappa shape index (κ1) is 18.3. The lowest BCUT2D eigenvalue weighted by Gasteiger charge is -2.22. The van der Waals surface area contributed by atoms with E-state index in [0.29, 0.717) is 17.1 Å². The van der Waals surface area contributed by atoms with Gasteiger partial charge in [-0.25, -0.2) is 15.4 Å². The lowest BCUT2D eigenvalue weighted by molar-refractivity contribution is 0.0962. The highest BCUT2D eigenvalue weighted by Crippen LogP contribution is 2.21. The molecule has 0 aliphatic heterocycles. The molecule has 0 radical (unpaired) electrons. The zero-order chi connectivity index (χ0) is 18.4. The number of aromatic nitrogens is 2. The van der Waals surface area contributed by atoms with E-state index < -0.39 is 0 Å². The molecule has 0 saturated carbocycles. The zero-order valence-electron chi connectivity index (χ0n) is 14.7. The molecule has 9 nitrogen and oxygen atoms in total. The fourth-order valence-corrected chi connectivity index (χ4v) is 1.77. The van der Waals surface area contributed by atoms with Crippen molar-refractivity contribution in [2.45, 2.75) is 26.3 Å². The summed E-state index contributed by atoms with van der Waals surface area (Å²) in [5.41, 5.74) is 17.8. The van der Waals surface area contributed by atoms with Crippen molar-refractivity contribution in [1.82, 2.24) is 20.8 Å². The number of nitrogens with zero attached hydrogens (tertiary/aromatic N) is 2. The Morgan fingerprint density at radius 2 is 1.68 bits per heavy atom. The Labute approximate surface area is 146 Å². The lowest BCUT2D eigenvalue weighted by atomic mass is 10.1. The Kier molecular flexibility index (Phi) is 5.60. The Bertz CT molecular complexity index is 726. The minimum atomic E-state index is -0.331. The van der Waals surface area contributed by atoms with Crippen LogP contribution in [0.4, 0.5) is 17.3 Å². The summed E-state index contributed by atoms with van der Waals surface area (Å²) >= 11 is 0. The van der Waals surface area contributed by atoms with Crippen molar-refractivity contribution in [3.63, 3.8) is 0 Å². The van der Waals surface area contributed by atoms with Gasteiger partial charge in [0.05, 0.1) is 7.11 Å². The second-order valence-corrected chi connectivity index (χ2v) is 6.29. The molecule has 0 atom stereocenters. The van der Waals surface area contributed by atoms with Gasteiger partial charge in [-0.3, -0.25) is 15.6 Å². The molecular formula is C16H23N7O2. The number of hydrogen-bond acceptors (Lipinski definition) is 8. The summed E-state index contributed by atoms with van der Waals surface area (Å²) in [4.78, 5) is 20.2. The first-order valence-electron chi connectivity index (χ1n) is 7.64. The molecule has 1 aromatic heterocycles. The molecule has 0 fully saturated rings. The van der Waals surface area contributed by atoms with E-state index in [1.807, 2.05) is 20.8 Å². The van der Waals surface area contributed by atoms with Crippen molar-refractivity contribution < 1.29 is 9.53 Å². The van der Waals surface area contributed by atoms with Gasteiger partial charge in [-0.05, 0) is 45.0 Å². The molecule has 0 unspecified atom stereocenters. The smallest absolute Gasteiger partial charge is 0.269 e. The Morgan fingerprint density at radius 1 is 1.08 bits per heavy atom. The van der Waals surface area contributed by atoms with Crippen LogP contribution in [0.25, 0.3) is 0 Å². The Hall–Kier alpha value is -3.07. The number of carbonyl (C=O) groups excluding carboxylic acids is 1. The van der Waals surface area contributed by atoms with Gasteiger partial charge < -0.3 is 15.9 Å². The number of ether oxygens (including phenoxy) is 1. The van der Waals surface area contributed by atoms with Gasteiger partial charge in [0.15, 0.2) is 11.6 Å². The second kappa shape index (κ2) is 7.67. The summed E-state index contributed by atoms with van der Waals surface area (Å²) in [6.45, 7) is 5.98. The van der Waals surface area contributed by atoms with Crippen LogP contribution in [0.15, 0.2) is 30.6 Å². The first-order valence-corrected chi connectivity index (χ1v) is 7.64. The predicted octanol–water partition coefficient (Wildman–Crippen LogP) is 1.54. The predicted molar refractivity (Wildman–Crippen MR) is 97.0 cm³/mol. The molecule has 0 aliphatic rings. The second-order valence-electron chi connectivity index (χ2n) is 6.29. The maximum absolute atomic E-state index is 12.1. The summed E-state index contributed by atoms with van der Waals surface area (Å²) in [5.74, 6) is 1.04. The van der Waals surface area contributed by atoms with Crippen molar-refractivity contribution in [3.05, 3.63) is 36.2 Å². The minimum absolute atomic E-state index is 0.173. The van der Waals surface area contributed by atoms with E-state index >= 15 is 0 Å². The monoisotopic (exact) mass is 345 g/mol. The van der Waals surface area contributed by atoms with Crippen molar-refractivity contribution in [1.29, 1.82) is 0 Å². The summed E-state index contributed by atoms with van der Waals surface area (Å²) in [7, 11) is 1.56. The quantitative estimate of drug-likeness (QED) is 0.499. The van der Waals surface area contributed by atoms with Crippen LogP contribution >= 0.6 is 0 Å². The average molecular weight is 345 g/mol. The van der Waals surface area contributed by atoms with Crippen LogP contribution in [0.5, 0.6) is 5.75 Å². The van der Waals surface area contributed by atoms with E-state index in [4.69, 9.17) is 10.5 Å². The highest BCUT2D eigenvalue weighted by atomic mass is 16.5. The Balaban J connectivity index is 2.01. The van der Waals surface area contributed by atoms with Crippen LogP contribution in [0, 0.1) is 0 Å². The molecule has 9 heteroatoms. The molecule has 0 spiro atoms. The molecule has 6 N–H and O–H groups in total. The van der Waals surface area contributed by atoms with E-state index in [2.05, 4.69) is 31.7 Å². The van der Waals surface area contributed by atoms with Crippen molar-refractivity contribution in [2.24, 2.45) is 0 Å². The zero-order valence-corrected chi connectivity index (χ0v) is 14.7. The fourth-order valence-electron chi connectivity index (χ4n) is 1.77. The van der Waals surface area contributed by atoms with E-state index in [9.17, 15) is 4.79 Å². The summed E-state index contributed by atoms with van der Waals surface area (Å²) in [6.07, 6.45) is 1.34. The average Bonchev–Trinajstić information content (AvgIpc) is 2.59. The SMILES string of the molecule is COc1ccc(C(=O)NNc2ncnc(NNC(C)(C)C)c2N)cc1. The normalized spacial score (nSPS) is 10.9. The molecule has 1 amide bonds. The highest BCUT2D eigenvalue weighted by molar-refractivity contribution is 5.95. The molecule has 1 heterocycles. The summed E-state index contributed by atoms with van der Waals surface area (Å²) in [5, 5.41) is 0. The summed E-state index contributed by atoms with van der Waals surface area (Å²) in [6, 6.07) is 6.71. The number of nitrogens with two attached hydrogens (primary N) is 1. The van der Waals surface area contributed by atoms with Gasteiger partial charge in [0.25, 0.3) is 5.91 Å². The van der Waals surface area contributed by atoms with Gasteiger partial charge in [-0.1, -0.05) is 0 Å². The van der Waals surface area contributed by atoms with E-state index in [1.165, 1.54) is 6.33 Å². The number of hydrazine groups is 2. The molecule has 0 bridgehead atoms. The largest absolute Gasteiger partial charge is 0.497 e. The van der Waals surface area contributed by atoms with E-state index in [-0.39, 0.29) is 23.0 Å². The third-order valence-corrected chi connectivity index (χ3v) is 3.09. The van der Waals surface area contributed by atoms with Gasteiger partial charge in [0.2, 0.25) is 0 Å². The molecule has 2 aromatic rings. The van der Waals surface area contributed by atoms with Crippen LogP contribution in [0.1, 0.15) is 31.1 Å². The molecule has 134 valence electrons. The molecule has 2 rings (SSSR count). The van der Waals surface area contributed by atoms with E-state index in [0.717, 1.165) is 0 Å². The highest BCUT2D eigenvalue weighted by Gasteiger charge is 2.13. The van der Waals surface area contributed by atoms with Gasteiger partial charge >= 0.3 is 0 Å². The molecule has 0 aliphatic carbocycles. The number of nitrogen functional groups attached to an aromatic ring is 1. The minimum Gasteiger partial charge on any atom is -0.497 e. The van der Waals surface area contributed by atoms with Gasteiger partial charge in [-0.2, -0.15) is 0 Å². The van der Waals surface area contributed by atoms with Crippen LogP contribution in [-0.4, -0.2) is 28.5 Å². The maximum Gasteiger partial charge on any atom is 0.269 e. The van der Waals surface area contributed by atoms with Crippen LogP contribution in [-0.2, 0) is 0 Å². The first-order chi connectivity index (χ1) is 11.8. The molecular weight excluding hydrogens is 322 g/mol. The number of rotatable bonds is 6. The fraction of sp³-hybridized carbons (Fsp3) is 0.312. The topological polar surface area (TPSA) is 126 Å². The summed E-state index contributed by atoms with van der Waals surface area (Å²) < 4.78 is 5.06. The van der Waals surface area contributed by atoms with E-state index in [1.54, 1.807) is 31.4 Å². The third-order valence-electron chi connectivity index (χ3n) is 3.09. The van der Waals surface area contributed by atoms with Crippen LogP contribution < -0.4 is 32.2 Å². The van der Waals surface area contributed by atoms with Crippen molar-refractivity contribution in [2.75, 3.05) is 23.7 Å². The molecule has 0 saturated heterocycles. The third kappa shape index (κ3) is 5.21. The standard InChI is InChI=1S/C16H23N7O2/c1-16(2,3)23-21-14-12(17)13(18-9-19-14)20-22-15(24)10-5-7-11(25-4)8-6-10/h5-9,23H,17H2,1-4H3,(H,22,24)(H2,18,19,20,21). The van der Waals surface area contributed by atoms with Crippen molar-refractivity contribution in [3.8, 4) is 5.75 Å². The van der Waals surface area contributed by atoms with Gasteiger partial charge in [0, 0.05) is 11.1 Å². The molecule has 1 aromatic carbocycles. The lowest BCUT2D eigenvalue weighted by Crippen LogP contribution is -2.40. The number of benzene rings is 1. The maximum atomic E-state index is 12.1.